The van der Waals surface area contributed by atoms with Gasteiger partial charge in [0.2, 0.25) is 0 Å². The Morgan fingerprint density at radius 2 is 0.492 bits per heavy atom. The Labute approximate surface area is 334 Å². The third-order valence-corrected chi connectivity index (χ3v) is 6.48. The van der Waals surface area contributed by atoms with Gasteiger partial charge < -0.3 is 97.7 Å². The number of hydrogen-bond acceptors (Lipinski definition) is 20. The van der Waals surface area contributed by atoms with Crippen LogP contribution in [0.2, 0.25) is 0 Å². The fourth-order valence-electron chi connectivity index (χ4n) is 3.27. The zero-order chi connectivity index (χ0) is 43.6. The van der Waals surface area contributed by atoms with Crippen molar-refractivity contribution in [3.63, 3.8) is 0 Å². The third kappa shape index (κ3) is 54.2. The van der Waals surface area contributed by atoms with Crippen molar-refractivity contribution in [3.05, 3.63) is 42.7 Å². The largest absolute Gasteiger partial charge is 0.553 e. The molecule has 0 rings (SSSR count). The molecule has 10 unspecified atom stereocenters. The van der Waals surface area contributed by atoms with Crippen molar-refractivity contribution in [3.8, 4) is 0 Å². The Hall–Kier alpha value is -3.80. The summed E-state index contributed by atoms with van der Waals surface area (Å²) in [5.74, 6) is 0. The van der Waals surface area contributed by atoms with E-state index >= 15 is 0 Å². The predicted octanol–water partition coefficient (Wildman–Crippen LogP) is -1.40. The molecule has 0 saturated carbocycles. The first-order chi connectivity index (χ1) is 26.6. The van der Waals surface area contributed by atoms with Gasteiger partial charge in [0.05, 0.1) is 127 Å². The molecule has 20 nitrogen and oxygen atoms in total. The van der Waals surface area contributed by atoms with Crippen molar-refractivity contribution >= 4 is 0 Å². The van der Waals surface area contributed by atoms with Crippen molar-refractivity contribution in [1.29, 1.82) is 0 Å². The minimum absolute atomic E-state index is 0. The van der Waals surface area contributed by atoms with Crippen molar-refractivity contribution in [2.75, 3.05) is 106 Å². The van der Waals surface area contributed by atoms with Crippen LogP contribution < -0.4 is 0 Å². The van der Waals surface area contributed by atoms with E-state index in [2.05, 4.69) is 71.1 Å². The smallest absolute Gasteiger partial charge is 0.0976 e. The van der Waals surface area contributed by atoms with E-state index in [0.717, 1.165) is 0 Å². The van der Waals surface area contributed by atoms with Crippen molar-refractivity contribution in [2.24, 2.45) is 0 Å². The van der Waals surface area contributed by atoms with Gasteiger partial charge in [0, 0.05) is 39.6 Å². The Morgan fingerprint density at radius 3 is 0.644 bits per heavy atom. The zero-order valence-corrected chi connectivity index (χ0v) is 55.1. The van der Waals surface area contributed by atoms with Gasteiger partial charge in [-0.15, -0.1) is 0 Å². The normalized spacial score (nSPS) is 15.8. The summed E-state index contributed by atoms with van der Waals surface area (Å²) >= 11 is 0. The number of rotatable bonds is 34. The number of ether oxygens (including phenoxy) is 12. The van der Waals surface area contributed by atoms with Crippen LogP contribution in [0, 0.1) is 42.7 Å². The molecule has 0 fully saturated rings. The second kappa shape index (κ2) is 52.2. The molecule has 0 aliphatic heterocycles. The van der Waals surface area contributed by atoms with Gasteiger partial charge in [0.25, 0.3) is 0 Å². The van der Waals surface area contributed by atoms with Gasteiger partial charge in [-0.1, -0.05) is 0 Å². The summed E-state index contributed by atoms with van der Waals surface area (Å²) in [6.45, 7) is 9.50. The van der Waals surface area contributed by atoms with Crippen LogP contribution >= 0.6 is 0 Å². The monoisotopic (exact) mass is 1630 g/mol. The van der Waals surface area contributed by atoms with E-state index in [4.69, 9.17) is 48.8 Å². The predicted molar refractivity (Wildman–Crippen MR) is 201 cm³/mol. The van der Waals surface area contributed by atoms with E-state index in [1.165, 1.54) is 0 Å². The maximum Gasteiger partial charge on any atom is 0.0976 e. The molecule has 59 heavy (non-hydrogen) atoms. The van der Waals surface area contributed by atoms with Crippen molar-refractivity contribution < 1.29 is 97.7 Å². The minimum atomic E-state index is -0.706. The Morgan fingerprint density at radius 1 is 0.322 bits per heavy atom. The molecule has 0 aliphatic rings. The molecule has 0 bridgehead atoms. The second-order valence-electron chi connectivity index (χ2n) is 11.9. The van der Waals surface area contributed by atoms with E-state index in [0.29, 0.717) is 0 Å². The molecule has 0 amide bonds. The summed E-state index contributed by atoms with van der Waals surface area (Å²) in [6.07, 6.45) is -4.97. The van der Waals surface area contributed by atoms with Gasteiger partial charge >= 0.3 is 0 Å². The van der Waals surface area contributed by atoms with Gasteiger partial charge in [-0.05, 0) is 27.7 Å². The van der Waals surface area contributed by atoms with Gasteiger partial charge in [-0.3, -0.25) is 0 Å². The first-order valence-electron chi connectivity index (χ1n) is 17.8. The number of aliphatic hydroxyl groups excluding tert-OH is 8. The third-order valence-electron chi connectivity index (χ3n) is 6.48. The summed E-state index contributed by atoms with van der Waals surface area (Å²) in [6, 6.07) is 0. The average molecular weight is 1630 g/mol. The van der Waals surface area contributed by atoms with Gasteiger partial charge in [-0.25, -0.2) is 42.7 Å². The molecule has 0 aromatic carbocycles. The van der Waals surface area contributed by atoms with Crippen LogP contribution in [0.3, 0.4) is 0 Å². The molecule has 0 saturated heterocycles. The van der Waals surface area contributed by atoms with Crippen LogP contribution in [-0.2, 0) is 56.8 Å². The number of aliphatic hydroxyl groups is 8. The summed E-state index contributed by atoms with van der Waals surface area (Å²) in [5.41, 5.74) is 0. The fourth-order valence-corrected chi connectivity index (χ4v) is 3.27. The van der Waals surface area contributed by atoms with Crippen molar-refractivity contribution in [1.82, 2.24) is 0 Å². The quantitative estimate of drug-likeness (QED) is 0.0272. The molecule has 0 heterocycles. The zero-order valence-electron chi connectivity index (χ0n) is 35.9. The SMILES string of the molecule is [CH2-]OCC(O)COC(C)C(C)OCC(O)CO[CH2-].[CH2-]OCC(O)COC(C)C(C)OCC(O)CO[CH2-].[CH2-]OCC(O)COCCO.[CH2-]OCC(O)COCCO.[Rf].[Rf].[Rf]. The van der Waals surface area contributed by atoms with Gasteiger partial charge in [-0.2, -0.15) is 0 Å². The molecule has 8 N–H and O–H groups in total. The molecule has 0 aromatic heterocycles. The van der Waals surface area contributed by atoms with E-state index in [1.807, 2.05) is 27.7 Å². The van der Waals surface area contributed by atoms with Crippen LogP contribution in [0.4, 0.5) is 0 Å². The first-order valence-corrected chi connectivity index (χ1v) is 17.8. The first kappa shape index (κ1) is 69.8. The summed E-state index contributed by atoms with van der Waals surface area (Å²) in [7, 11) is 18.9. The van der Waals surface area contributed by atoms with E-state index in [-0.39, 0.29) is 130 Å². The maximum absolute atomic E-state index is 9.37. The van der Waals surface area contributed by atoms with Crippen LogP contribution in [0.1, 0.15) is 27.7 Å². The summed E-state index contributed by atoms with van der Waals surface area (Å²) in [5, 5.41) is 71.8. The van der Waals surface area contributed by atoms with Crippen LogP contribution in [0.5, 0.6) is 0 Å². The molecule has 0 spiro atoms. The summed E-state index contributed by atoms with van der Waals surface area (Å²) in [4.78, 5) is 0. The van der Waals surface area contributed by atoms with Gasteiger partial charge in [0.15, 0.2) is 0 Å². The molecule has 0 aromatic rings. The topological polar surface area (TPSA) is 273 Å². The van der Waals surface area contributed by atoms with Gasteiger partial charge in [0.1, 0.15) is 0 Å². The number of hydrogen-bond donors (Lipinski definition) is 8. The van der Waals surface area contributed by atoms with E-state index in [9.17, 15) is 20.4 Å². The second-order valence-corrected chi connectivity index (χ2v) is 11.9. The van der Waals surface area contributed by atoms with Crippen LogP contribution in [-0.4, -0.2) is 208 Å². The molecule has 0 radical (unpaired) electrons. The Balaban J connectivity index is -0.000000124. The minimum Gasteiger partial charge on any atom is -0.553 e. The summed E-state index contributed by atoms with van der Waals surface area (Å²) < 4.78 is 58.1. The van der Waals surface area contributed by atoms with Crippen LogP contribution in [0.25, 0.3) is 0 Å². The standard InChI is InChI=1S/2C12H24O6.2C6H13O4.3Rf/c2*1-9(17-7-11(13)5-15-3)10(2)18-8-12(14)6-16-4;2*1-9-4-6(8)5-10-3-2-7;;;/h2*9-14H,3-8H2,1-2H3;2*6-8H,1-5H2;;;/q2*-2;2*-1;;;. The molecule has 23 heteroatoms. The van der Waals surface area contributed by atoms with Crippen molar-refractivity contribution in [2.45, 2.75) is 88.7 Å². The molecular weight excluding hydrogens is 1550 g/mol. The molecule has 0 aliphatic carbocycles. The van der Waals surface area contributed by atoms with E-state index in [1.54, 1.807) is 0 Å². The average Bonchev–Trinajstić information content (AvgIpc) is 3.15. The Kier molecular flexibility index (Phi) is 61.8. The molecule has 10 atom stereocenters. The Bertz CT molecular complexity index is 651. The maximum atomic E-state index is 9.37. The molecule has 350 valence electrons. The van der Waals surface area contributed by atoms with Crippen LogP contribution in [0.15, 0.2) is 0 Å². The fraction of sp³-hybridized carbons (Fsp3) is 0.833. The molecular formula is C36H74O20Rf3-6. The van der Waals surface area contributed by atoms with E-state index < -0.39 is 36.6 Å².